The molecule has 27 heavy (non-hydrogen) atoms. The van der Waals surface area contributed by atoms with Crippen LogP contribution >= 0.6 is 15.9 Å². The lowest BCUT2D eigenvalue weighted by molar-refractivity contribution is -0.123. The molecule has 0 saturated heterocycles. The highest BCUT2D eigenvalue weighted by molar-refractivity contribution is 9.10. The summed E-state index contributed by atoms with van der Waals surface area (Å²) in [7, 11) is -1.59. The number of carbonyl (C=O) groups excluding carboxylic acids is 3. The summed E-state index contributed by atoms with van der Waals surface area (Å²) < 4.78 is 30.2. The number of hydrogen-bond acceptors (Lipinski definition) is 7. The number of benzene rings is 1. The number of carbonyl (C=O) groups is 3. The summed E-state index contributed by atoms with van der Waals surface area (Å²) in [6.07, 6.45) is 0.697. The van der Waals surface area contributed by atoms with E-state index < -0.39 is 34.5 Å². The molecule has 150 valence electrons. The van der Waals surface area contributed by atoms with Crippen molar-refractivity contribution in [3.8, 4) is 0 Å². The molecule has 0 aliphatic heterocycles. The highest BCUT2D eigenvalue weighted by atomic mass is 79.9. The van der Waals surface area contributed by atoms with Crippen LogP contribution in [0.15, 0.2) is 27.6 Å². The average Bonchev–Trinajstić information content (AvgIpc) is 2.63. The molecule has 1 aromatic rings. The van der Waals surface area contributed by atoms with Crippen LogP contribution in [0.3, 0.4) is 0 Å². The van der Waals surface area contributed by atoms with Crippen LogP contribution in [0.5, 0.6) is 0 Å². The smallest absolute Gasteiger partial charge is 0.339 e. The third kappa shape index (κ3) is 6.57. The minimum Gasteiger partial charge on any atom is -0.452 e. The maximum absolute atomic E-state index is 12.2. The molecule has 10 nitrogen and oxygen atoms in total. The van der Waals surface area contributed by atoms with Crippen molar-refractivity contribution in [1.29, 1.82) is 0 Å². The number of halogens is 1. The fourth-order valence-electron chi connectivity index (χ4n) is 1.72. The van der Waals surface area contributed by atoms with Crippen molar-refractivity contribution in [3.63, 3.8) is 0 Å². The second kappa shape index (κ2) is 10.3. The molecule has 0 bridgehead atoms. The Morgan fingerprint density at radius 1 is 1.26 bits per heavy atom. The van der Waals surface area contributed by atoms with E-state index in [1.165, 1.54) is 26.3 Å². The van der Waals surface area contributed by atoms with Crippen molar-refractivity contribution in [2.45, 2.75) is 18.2 Å². The SMILES string of the molecule is CCCNC(=O)NC(=O)COC(=O)c1cc(S(=O)(=O)N(C)OC)ccc1Br. The maximum Gasteiger partial charge on any atom is 0.339 e. The van der Waals surface area contributed by atoms with Crippen LogP contribution in [0.4, 0.5) is 4.79 Å². The molecule has 0 aliphatic rings. The number of hydrogen-bond donors (Lipinski definition) is 2. The first-order valence-electron chi connectivity index (χ1n) is 7.70. The van der Waals surface area contributed by atoms with Gasteiger partial charge in [0.15, 0.2) is 6.61 Å². The van der Waals surface area contributed by atoms with Gasteiger partial charge in [-0.1, -0.05) is 11.4 Å². The van der Waals surface area contributed by atoms with Crippen molar-refractivity contribution in [2.75, 3.05) is 27.3 Å². The molecule has 0 heterocycles. The van der Waals surface area contributed by atoms with Crippen LogP contribution in [-0.2, 0) is 24.4 Å². The number of urea groups is 1. The Hall–Kier alpha value is -2.02. The van der Waals surface area contributed by atoms with Crippen LogP contribution in [0.2, 0.25) is 0 Å². The van der Waals surface area contributed by atoms with Gasteiger partial charge in [0.05, 0.1) is 17.6 Å². The van der Waals surface area contributed by atoms with E-state index in [2.05, 4.69) is 26.1 Å². The second-order valence-corrected chi connectivity index (χ2v) is 7.91. The number of esters is 1. The summed E-state index contributed by atoms with van der Waals surface area (Å²) in [6.45, 7) is 1.53. The molecule has 0 radical (unpaired) electrons. The molecule has 12 heteroatoms. The van der Waals surface area contributed by atoms with E-state index in [1.54, 1.807) is 0 Å². The first-order valence-corrected chi connectivity index (χ1v) is 9.94. The van der Waals surface area contributed by atoms with Gasteiger partial charge in [-0.15, -0.1) is 0 Å². The zero-order valence-corrected chi connectivity index (χ0v) is 17.3. The Morgan fingerprint density at radius 2 is 1.93 bits per heavy atom. The Morgan fingerprint density at radius 3 is 2.52 bits per heavy atom. The Kier molecular flexibility index (Phi) is 8.82. The van der Waals surface area contributed by atoms with Gasteiger partial charge >= 0.3 is 12.0 Å². The van der Waals surface area contributed by atoms with E-state index in [0.29, 0.717) is 17.4 Å². The molecule has 1 rings (SSSR count). The second-order valence-electron chi connectivity index (χ2n) is 5.12. The Bertz CT molecular complexity index is 814. The minimum absolute atomic E-state index is 0.108. The fraction of sp³-hybridized carbons (Fsp3) is 0.400. The quantitative estimate of drug-likeness (QED) is 0.432. The van der Waals surface area contributed by atoms with Crippen molar-refractivity contribution >= 4 is 43.9 Å². The van der Waals surface area contributed by atoms with E-state index in [-0.39, 0.29) is 14.9 Å². The van der Waals surface area contributed by atoms with Crippen LogP contribution in [0.25, 0.3) is 0 Å². The van der Waals surface area contributed by atoms with Crippen molar-refractivity contribution in [2.24, 2.45) is 0 Å². The molecule has 3 amide bonds. The zero-order valence-electron chi connectivity index (χ0n) is 14.9. The zero-order chi connectivity index (χ0) is 20.6. The van der Waals surface area contributed by atoms with E-state index in [1.807, 2.05) is 12.2 Å². The fourth-order valence-corrected chi connectivity index (χ4v) is 3.13. The highest BCUT2D eigenvalue weighted by Gasteiger charge is 2.24. The molecule has 0 unspecified atom stereocenters. The van der Waals surface area contributed by atoms with E-state index in [4.69, 9.17) is 4.74 Å². The molecular formula is C15H20BrN3O7S. The predicted molar refractivity (Wildman–Crippen MR) is 98.2 cm³/mol. The van der Waals surface area contributed by atoms with Gasteiger partial charge in [-0.05, 0) is 40.5 Å². The van der Waals surface area contributed by atoms with Crippen molar-refractivity contribution < 1.29 is 32.4 Å². The molecule has 0 atom stereocenters. The van der Waals surface area contributed by atoms with Crippen LogP contribution in [-0.4, -0.2) is 58.1 Å². The van der Waals surface area contributed by atoms with Gasteiger partial charge < -0.3 is 10.1 Å². The van der Waals surface area contributed by atoms with Crippen LogP contribution in [0.1, 0.15) is 23.7 Å². The summed E-state index contributed by atoms with van der Waals surface area (Å²) in [5.41, 5.74) is -0.108. The van der Waals surface area contributed by atoms with Gasteiger partial charge in [0.25, 0.3) is 15.9 Å². The van der Waals surface area contributed by atoms with E-state index >= 15 is 0 Å². The normalized spacial score (nSPS) is 11.1. The monoisotopic (exact) mass is 465 g/mol. The molecule has 0 aliphatic carbocycles. The summed E-state index contributed by atoms with van der Waals surface area (Å²) in [6, 6.07) is 3.01. The summed E-state index contributed by atoms with van der Waals surface area (Å²) in [4.78, 5) is 39.6. The molecule has 0 aromatic heterocycles. The number of amides is 3. The molecule has 1 aromatic carbocycles. The third-order valence-corrected chi connectivity index (χ3v) is 5.54. The van der Waals surface area contributed by atoms with Crippen molar-refractivity contribution in [3.05, 3.63) is 28.2 Å². The van der Waals surface area contributed by atoms with Crippen LogP contribution < -0.4 is 10.6 Å². The van der Waals surface area contributed by atoms with E-state index in [9.17, 15) is 22.8 Å². The topological polar surface area (TPSA) is 131 Å². The lowest BCUT2D eigenvalue weighted by Gasteiger charge is -2.15. The lowest BCUT2D eigenvalue weighted by Crippen LogP contribution is -2.41. The van der Waals surface area contributed by atoms with Gasteiger partial charge in [-0.25, -0.2) is 18.0 Å². The number of sulfonamides is 1. The number of hydroxylamine groups is 1. The summed E-state index contributed by atoms with van der Waals surface area (Å²) in [5.74, 6) is -1.76. The molecule has 2 N–H and O–H groups in total. The van der Waals surface area contributed by atoms with Gasteiger partial charge in [0.1, 0.15) is 0 Å². The van der Waals surface area contributed by atoms with Gasteiger partial charge in [0, 0.05) is 18.1 Å². The number of rotatable bonds is 8. The lowest BCUT2D eigenvalue weighted by atomic mass is 10.2. The highest BCUT2D eigenvalue weighted by Crippen LogP contribution is 2.23. The number of imide groups is 1. The average molecular weight is 466 g/mol. The van der Waals surface area contributed by atoms with Crippen molar-refractivity contribution in [1.82, 2.24) is 15.1 Å². The maximum atomic E-state index is 12.2. The van der Waals surface area contributed by atoms with Gasteiger partial charge in [-0.2, -0.15) is 0 Å². The largest absolute Gasteiger partial charge is 0.452 e. The molecule has 0 fully saturated rings. The Balaban J connectivity index is 2.82. The number of ether oxygens (including phenoxy) is 1. The molecule has 0 spiro atoms. The number of nitrogens with one attached hydrogen (secondary N) is 2. The standard InChI is InChI=1S/C15H20BrN3O7S/c1-4-7-17-15(22)18-13(20)9-26-14(21)11-8-10(5-6-12(11)16)27(23,24)19(2)25-3/h5-6,8H,4,7,9H2,1-3H3,(H2,17,18,20,22). The Labute approximate surface area is 165 Å². The summed E-state index contributed by atoms with van der Waals surface area (Å²) in [5, 5.41) is 4.43. The third-order valence-electron chi connectivity index (χ3n) is 3.17. The molecular weight excluding hydrogens is 446 g/mol. The first kappa shape index (κ1) is 23.0. The number of nitrogens with zero attached hydrogens (tertiary/aromatic N) is 1. The first-order chi connectivity index (χ1) is 12.6. The summed E-state index contributed by atoms with van der Waals surface area (Å²) >= 11 is 3.12. The van der Waals surface area contributed by atoms with Gasteiger partial charge in [-0.3, -0.25) is 14.9 Å². The predicted octanol–water partition coefficient (Wildman–Crippen LogP) is 1.02. The molecule has 0 saturated carbocycles. The van der Waals surface area contributed by atoms with E-state index in [0.717, 1.165) is 6.07 Å². The minimum atomic E-state index is -3.97. The van der Waals surface area contributed by atoms with Gasteiger partial charge in [0.2, 0.25) is 0 Å². The van der Waals surface area contributed by atoms with Crippen LogP contribution in [0, 0.1) is 0 Å².